The number of aliphatic hydroxyl groups is 1. The van der Waals surface area contributed by atoms with Gasteiger partial charge in [-0.05, 0) is 31.2 Å². The number of hydrogen-bond donors (Lipinski definition) is 1. The highest BCUT2D eigenvalue weighted by Crippen LogP contribution is 2.28. The van der Waals surface area contributed by atoms with E-state index in [4.69, 9.17) is 9.84 Å². The summed E-state index contributed by atoms with van der Waals surface area (Å²) < 4.78 is 6.23. The maximum atomic E-state index is 9.15. The summed E-state index contributed by atoms with van der Waals surface area (Å²) >= 11 is 0. The lowest BCUT2D eigenvalue weighted by Crippen LogP contribution is -2.24. The molecule has 0 saturated carbocycles. The molecule has 0 radical (unpaired) electrons. The predicted octanol–water partition coefficient (Wildman–Crippen LogP) is 4.12. The molecule has 1 aromatic rings. The Morgan fingerprint density at radius 2 is 1.89 bits per heavy atom. The van der Waals surface area contributed by atoms with Gasteiger partial charge in [0.05, 0.1) is 12.2 Å². The number of benzene rings is 1. The van der Waals surface area contributed by atoms with Crippen LogP contribution in [0.5, 0.6) is 0 Å². The molecule has 0 aromatic heterocycles. The number of hydrogen-bond acceptors (Lipinski definition) is 2. The molecular weight excluding hydrogens is 236 g/mol. The van der Waals surface area contributed by atoms with Gasteiger partial charge in [0.15, 0.2) is 0 Å². The second-order valence-corrected chi connectivity index (χ2v) is 5.49. The van der Waals surface area contributed by atoms with Crippen LogP contribution in [0, 0.1) is 5.92 Å². The van der Waals surface area contributed by atoms with Crippen molar-refractivity contribution in [2.75, 3.05) is 6.61 Å². The van der Waals surface area contributed by atoms with Crippen LogP contribution in [-0.2, 0) is 4.74 Å². The van der Waals surface area contributed by atoms with Crippen LogP contribution in [-0.4, -0.2) is 17.8 Å². The third kappa shape index (κ3) is 5.58. The fourth-order valence-electron chi connectivity index (χ4n) is 2.13. The number of aliphatic hydroxyl groups excluding tert-OH is 1. The van der Waals surface area contributed by atoms with E-state index in [1.54, 1.807) is 0 Å². The smallest absolute Gasteiger partial charge is 0.0865 e. The minimum absolute atomic E-state index is 0.0256. The van der Waals surface area contributed by atoms with E-state index in [9.17, 15) is 0 Å². The highest BCUT2D eigenvalue weighted by atomic mass is 16.5. The van der Waals surface area contributed by atoms with Crippen molar-refractivity contribution in [3.63, 3.8) is 0 Å². The number of ether oxygens (including phenoxy) is 1. The second-order valence-electron chi connectivity index (χ2n) is 5.49. The van der Waals surface area contributed by atoms with Crippen molar-refractivity contribution in [3.05, 3.63) is 48.0 Å². The van der Waals surface area contributed by atoms with Crippen molar-refractivity contribution in [3.8, 4) is 0 Å². The normalized spacial score (nSPS) is 14.4. The van der Waals surface area contributed by atoms with E-state index in [-0.39, 0.29) is 18.8 Å². The quantitative estimate of drug-likeness (QED) is 0.714. The van der Waals surface area contributed by atoms with Crippen LogP contribution in [0.2, 0.25) is 0 Å². The average molecular weight is 262 g/mol. The van der Waals surface area contributed by atoms with E-state index >= 15 is 0 Å². The summed E-state index contributed by atoms with van der Waals surface area (Å²) in [5, 5.41) is 9.15. The molecule has 2 nitrogen and oxygen atoms in total. The van der Waals surface area contributed by atoms with Crippen LogP contribution in [0.3, 0.4) is 0 Å². The van der Waals surface area contributed by atoms with E-state index in [0.29, 0.717) is 12.3 Å². The van der Waals surface area contributed by atoms with Gasteiger partial charge in [-0.3, -0.25) is 0 Å². The Morgan fingerprint density at radius 3 is 2.37 bits per heavy atom. The molecule has 1 aromatic carbocycles. The zero-order chi connectivity index (χ0) is 14.3. The molecule has 0 heterocycles. The first-order valence-corrected chi connectivity index (χ1v) is 7.00. The first kappa shape index (κ1) is 15.9. The monoisotopic (exact) mass is 262 g/mol. The minimum atomic E-state index is 0.0256. The van der Waals surface area contributed by atoms with Gasteiger partial charge in [-0.1, -0.05) is 49.8 Å². The van der Waals surface area contributed by atoms with E-state index < -0.39 is 0 Å². The highest BCUT2D eigenvalue weighted by Gasteiger charge is 2.20. The lowest BCUT2D eigenvalue weighted by molar-refractivity contribution is -0.0474. The van der Waals surface area contributed by atoms with Gasteiger partial charge in [-0.15, -0.1) is 6.58 Å². The SMILES string of the molecule is C=C(C)C[C@H](O[C@@H](CCO)C(C)C)c1ccccc1. The predicted molar refractivity (Wildman–Crippen MR) is 80.0 cm³/mol. The van der Waals surface area contributed by atoms with Crippen molar-refractivity contribution in [1.29, 1.82) is 0 Å². The Balaban J connectivity index is 2.82. The Bertz CT molecular complexity index is 370. The molecule has 0 saturated heterocycles. The van der Waals surface area contributed by atoms with E-state index in [1.807, 2.05) is 25.1 Å². The maximum Gasteiger partial charge on any atom is 0.0865 e. The third-order valence-corrected chi connectivity index (χ3v) is 3.20. The van der Waals surface area contributed by atoms with Crippen molar-refractivity contribution in [2.24, 2.45) is 5.92 Å². The molecule has 1 N–H and O–H groups in total. The van der Waals surface area contributed by atoms with Gasteiger partial charge in [-0.25, -0.2) is 0 Å². The molecule has 0 aliphatic carbocycles. The summed E-state index contributed by atoms with van der Waals surface area (Å²) in [5.41, 5.74) is 2.29. The summed E-state index contributed by atoms with van der Waals surface area (Å²) in [7, 11) is 0. The van der Waals surface area contributed by atoms with Crippen LogP contribution in [0.4, 0.5) is 0 Å². The Morgan fingerprint density at radius 1 is 1.26 bits per heavy atom. The molecule has 0 spiro atoms. The average Bonchev–Trinajstić information content (AvgIpc) is 2.37. The fraction of sp³-hybridized carbons (Fsp3) is 0.529. The maximum absolute atomic E-state index is 9.15. The zero-order valence-electron chi connectivity index (χ0n) is 12.3. The first-order chi connectivity index (χ1) is 9.04. The van der Waals surface area contributed by atoms with E-state index in [2.05, 4.69) is 32.6 Å². The molecule has 2 heteroatoms. The zero-order valence-corrected chi connectivity index (χ0v) is 12.3. The molecule has 106 valence electrons. The molecule has 0 unspecified atom stereocenters. The lowest BCUT2D eigenvalue weighted by atomic mass is 10.00. The van der Waals surface area contributed by atoms with Gasteiger partial charge < -0.3 is 9.84 Å². The summed E-state index contributed by atoms with van der Waals surface area (Å²) in [6.45, 7) is 10.4. The van der Waals surface area contributed by atoms with Crippen molar-refractivity contribution in [2.45, 2.75) is 45.8 Å². The third-order valence-electron chi connectivity index (χ3n) is 3.20. The highest BCUT2D eigenvalue weighted by molar-refractivity contribution is 5.19. The molecule has 0 aliphatic heterocycles. The van der Waals surface area contributed by atoms with Crippen LogP contribution in [0.1, 0.15) is 45.3 Å². The second kappa shape index (κ2) is 8.13. The molecule has 1 rings (SSSR count). The molecular formula is C17H26O2. The topological polar surface area (TPSA) is 29.5 Å². The summed E-state index contributed by atoms with van der Waals surface area (Å²) in [4.78, 5) is 0. The van der Waals surface area contributed by atoms with Gasteiger partial charge in [0.2, 0.25) is 0 Å². The summed E-state index contributed by atoms with van der Waals surface area (Å²) in [5.74, 6) is 0.392. The summed E-state index contributed by atoms with van der Waals surface area (Å²) in [6, 6.07) is 10.2. The number of rotatable bonds is 8. The Labute approximate surface area is 117 Å². The first-order valence-electron chi connectivity index (χ1n) is 7.00. The largest absolute Gasteiger partial charge is 0.396 e. The van der Waals surface area contributed by atoms with Crippen molar-refractivity contribution in [1.82, 2.24) is 0 Å². The molecule has 0 aliphatic rings. The molecule has 0 fully saturated rings. The van der Waals surface area contributed by atoms with Gasteiger partial charge in [0.25, 0.3) is 0 Å². The lowest BCUT2D eigenvalue weighted by Gasteiger charge is -2.27. The van der Waals surface area contributed by atoms with Crippen LogP contribution in [0.25, 0.3) is 0 Å². The van der Waals surface area contributed by atoms with Crippen molar-refractivity contribution < 1.29 is 9.84 Å². The van der Waals surface area contributed by atoms with Gasteiger partial charge in [0, 0.05) is 6.61 Å². The van der Waals surface area contributed by atoms with Gasteiger partial charge in [0.1, 0.15) is 0 Å². The van der Waals surface area contributed by atoms with Crippen LogP contribution >= 0.6 is 0 Å². The Kier molecular flexibility index (Phi) is 6.82. The summed E-state index contributed by atoms with van der Waals surface area (Å²) in [6.07, 6.45) is 1.60. The molecule has 0 bridgehead atoms. The molecule has 19 heavy (non-hydrogen) atoms. The Hall–Kier alpha value is -1.12. The minimum Gasteiger partial charge on any atom is -0.396 e. The fourth-order valence-corrected chi connectivity index (χ4v) is 2.13. The van der Waals surface area contributed by atoms with E-state index in [0.717, 1.165) is 12.0 Å². The van der Waals surface area contributed by atoms with Crippen molar-refractivity contribution >= 4 is 0 Å². The van der Waals surface area contributed by atoms with Crippen LogP contribution < -0.4 is 0 Å². The van der Waals surface area contributed by atoms with Gasteiger partial charge in [-0.2, -0.15) is 0 Å². The molecule has 2 atom stereocenters. The molecule has 0 amide bonds. The standard InChI is InChI=1S/C17H26O2/c1-13(2)12-17(15-8-6-5-7-9-15)19-16(10-11-18)14(3)4/h5-9,14,16-18H,1,10-12H2,2-4H3/t16-,17-/m0/s1. The van der Waals surface area contributed by atoms with Gasteiger partial charge >= 0.3 is 0 Å². The van der Waals surface area contributed by atoms with E-state index in [1.165, 1.54) is 5.56 Å². The van der Waals surface area contributed by atoms with Crippen LogP contribution in [0.15, 0.2) is 42.5 Å².